The number of amides is 3. The molecule has 0 radical (unpaired) electrons. The van der Waals surface area contributed by atoms with E-state index in [4.69, 9.17) is 21.7 Å². The second kappa shape index (κ2) is 14.6. The SMILES string of the molecule is CC(NC(=O)C(CS)NC(=O)C(CCCCN)NC(=O)C(N)CCC(=O)O)C(=O)O. The van der Waals surface area contributed by atoms with E-state index < -0.39 is 53.8 Å². The molecule has 30 heavy (non-hydrogen) atoms. The van der Waals surface area contributed by atoms with Crippen molar-refractivity contribution in [2.24, 2.45) is 11.5 Å². The Bertz CT molecular complexity index is 619. The zero-order valence-electron chi connectivity index (χ0n) is 16.8. The first-order valence-electron chi connectivity index (χ1n) is 9.45. The summed E-state index contributed by atoms with van der Waals surface area (Å²) in [4.78, 5) is 58.5. The van der Waals surface area contributed by atoms with Crippen molar-refractivity contribution in [3.63, 3.8) is 0 Å². The lowest BCUT2D eigenvalue weighted by Crippen LogP contribution is -2.57. The van der Waals surface area contributed by atoms with Crippen LogP contribution in [-0.4, -0.2) is 76.3 Å². The second-order valence-corrected chi connectivity index (χ2v) is 7.06. The van der Waals surface area contributed by atoms with Gasteiger partial charge in [0.1, 0.15) is 18.1 Å². The normalized spacial score (nSPS) is 14.7. The van der Waals surface area contributed by atoms with Gasteiger partial charge in [-0.3, -0.25) is 24.0 Å². The molecule has 9 N–H and O–H groups in total. The molecule has 0 aliphatic carbocycles. The topological polar surface area (TPSA) is 214 Å². The number of carboxylic acids is 2. The third kappa shape index (κ3) is 11.0. The minimum atomic E-state index is -1.24. The molecular weight excluding hydrogens is 418 g/mol. The molecule has 0 aromatic rings. The largest absolute Gasteiger partial charge is 0.481 e. The molecule has 0 bridgehead atoms. The van der Waals surface area contributed by atoms with Crippen molar-refractivity contribution in [2.45, 2.75) is 63.2 Å². The molecule has 12 nitrogen and oxygen atoms in total. The first-order valence-corrected chi connectivity index (χ1v) is 10.1. The summed E-state index contributed by atoms with van der Waals surface area (Å²) < 4.78 is 0. The van der Waals surface area contributed by atoms with E-state index in [0.29, 0.717) is 19.4 Å². The van der Waals surface area contributed by atoms with E-state index in [0.717, 1.165) is 0 Å². The highest BCUT2D eigenvalue weighted by Crippen LogP contribution is 2.04. The predicted molar refractivity (Wildman–Crippen MR) is 111 cm³/mol. The first kappa shape index (κ1) is 27.6. The molecule has 172 valence electrons. The fraction of sp³-hybridized carbons (Fsp3) is 0.706. The summed E-state index contributed by atoms with van der Waals surface area (Å²) in [5, 5.41) is 24.7. The molecule has 0 heterocycles. The van der Waals surface area contributed by atoms with Crippen molar-refractivity contribution in [3.05, 3.63) is 0 Å². The van der Waals surface area contributed by atoms with Gasteiger partial charge >= 0.3 is 11.9 Å². The Hall–Kier alpha value is -2.38. The maximum absolute atomic E-state index is 12.6. The molecule has 0 spiro atoms. The Morgan fingerprint density at radius 1 is 0.900 bits per heavy atom. The van der Waals surface area contributed by atoms with Crippen LogP contribution in [-0.2, 0) is 24.0 Å². The number of aliphatic carboxylic acids is 2. The summed E-state index contributed by atoms with van der Waals surface area (Å²) in [7, 11) is 0. The van der Waals surface area contributed by atoms with Gasteiger partial charge in [0.05, 0.1) is 6.04 Å². The first-order chi connectivity index (χ1) is 14.0. The summed E-state index contributed by atoms with van der Waals surface area (Å²) in [6, 6.07) is -4.44. The number of rotatable bonds is 15. The fourth-order valence-corrected chi connectivity index (χ4v) is 2.55. The molecule has 13 heteroatoms. The number of carbonyl (C=O) groups is 5. The monoisotopic (exact) mass is 449 g/mol. The van der Waals surface area contributed by atoms with Gasteiger partial charge in [0.15, 0.2) is 0 Å². The second-order valence-electron chi connectivity index (χ2n) is 6.70. The van der Waals surface area contributed by atoms with Crippen molar-refractivity contribution in [2.75, 3.05) is 12.3 Å². The summed E-state index contributed by atoms with van der Waals surface area (Å²) in [6.07, 6.45) is 0.909. The Morgan fingerprint density at radius 2 is 1.47 bits per heavy atom. The van der Waals surface area contributed by atoms with Gasteiger partial charge in [0, 0.05) is 12.2 Å². The number of nitrogens with two attached hydrogens (primary N) is 2. The van der Waals surface area contributed by atoms with Crippen molar-refractivity contribution in [1.29, 1.82) is 0 Å². The van der Waals surface area contributed by atoms with Gasteiger partial charge < -0.3 is 37.6 Å². The number of thiol groups is 1. The van der Waals surface area contributed by atoms with Crippen LogP contribution in [0.2, 0.25) is 0 Å². The van der Waals surface area contributed by atoms with Gasteiger partial charge in [0.25, 0.3) is 0 Å². The van der Waals surface area contributed by atoms with Crippen LogP contribution in [0.4, 0.5) is 0 Å². The molecule has 0 saturated carbocycles. The molecule has 0 aliphatic heterocycles. The molecule has 0 rings (SSSR count). The number of nitrogens with one attached hydrogen (secondary N) is 3. The highest BCUT2D eigenvalue weighted by atomic mass is 32.1. The van der Waals surface area contributed by atoms with Gasteiger partial charge in [0.2, 0.25) is 17.7 Å². The Morgan fingerprint density at radius 3 is 1.97 bits per heavy atom. The molecular formula is C17H31N5O7S. The molecule has 0 fully saturated rings. The van der Waals surface area contributed by atoms with Gasteiger partial charge in [-0.15, -0.1) is 0 Å². The molecule has 0 aliphatic rings. The van der Waals surface area contributed by atoms with E-state index in [9.17, 15) is 24.0 Å². The van der Waals surface area contributed by atoms with Crippen LogP contribution in [0.3, 0.4) is 0 Å². The van der Waals surface area contributed by atoms with E-state index in [1.54, 1.807) is 0 Å². The van der Waals surface area contributed by atoms with E-state index in [-0.39, 0.29) is 25.0 Å². The third-order valence-corrected chi connectivity index (χ3v) is 4.50. The summed E-state index contributed by atoms with van der Waals surface area (Å²) in [6.45, 7) is 1.65. The number of unbranched alkanes of at least 4 members (excludes halogenated alkanes) is 1. The molecule has 0 aromatic heterocycles. The van der Waals surface area contributed by atoms with E-state index in [2.05, 4.69) is 28.6 Å². The van der Waals surface area contributed by atoms with E-state index >= 15 is 0 Å². The van der Waals surface area contributed by atoms with Crippen LogP contribution in [0.15, 0.2) is 0 Å². The highest BCUT2D eigenvalue weighted by Gasteiger charge is 2.28. The predicted octanol–water partition coefficient (Wildman–Crippen LogP) is -2.20. The lowest BCUT2D eigenvalue weighted by atomic mass is 10.1. The lowest BCUT2D eigenvalue weighted by molar-refractivity contribution is -0.141. The lowest BCUT2D eigenvalue weighted by Gasteiger charge is -2.24. The smallest absolute Gasteiger partial charge is 0.325 e. The minimum absolute atomic E-state index is 0.104. The zero-order chi connectivity index (χ0) is 23.3. The van der Waals surface area contributed by atoms with Gasteiger partial charge in [-0.25, -0.2) is 0 Å². The quantitative estimate of drug-likeness (QED) is 0.100. The number of carbonyl (C=O) groups excluding carboxylic acids is 3. The number of hydrogen-bond donors (Lipinski definition) is 8. The van der Waals surface area contributed by atoms with E-state index in [1.807, 2.05) is 0 Å². The van der Waals surface area contributed by atoms with Crippen molar-refractivity contribution < 1.29 is 34.2 Å². The van der Waals surface area contributed by atoms with Crippen LogP contribution in [0.1, 0.15) is 39.0 Å². The zero-order valence-corrected chi connectivity index (χ0v) is 17.7. The molecule has 4 atom stereocenters. The minimum Gasteiger partial charge on any atom is -0.481 e. The Kier molecular flexibility index (Phi) is 13.4. The van der Waals surface area contributed by atoms with Crippen LogP contribution in [0.5, 0.6) is 0 Å². The van der Waals surface area contributed by atoms with Crippen molar-refractivity contribution in [1.82, 2.24) is 16.0 Å². The molecule has 4 unspecified atom stereocenters. The standard InChI is InChI=1S/C17H31N5O7S/c1-9(17(28)29)20-16(27)12(8-30)22-15(26)11(4-2-3-7-18)21-14(25)10(19)5-6-13(23)24/h9-12,30H,2-8,18-19H2,1H3,(H,20,27)(H,21,25)(H,22,26)(H,23,24)(H,28,29). The van der Waals surface area contributed by atoms with Crippen LogP contribution < -0.4 is 27.4 Å². The van der Waals surface area contributed by atoms with Crippen LogP contribution in [0.25, 0.3) is 0 Å². The maximum atomic E-state index is 12.6. The Balaban J connectivity index is 5.09. The molecule has 3 amide bonds. The summed E-state index contributed by atoms with van der Waals surface area (Å²) in [5.41, 5.74) is 11.1. The molecule has 0 saturated heterocycles. The highest BCUT2D eigenvalue weighted by molar-refractivity contribution is 7.80. The number of hydrogen-bond acceptors (Lipinski definition) is 8. The Labute approximate surface area is 179 Å². The van der Waals surface area contributed by atoms with Crippen LogP contribution >= 0.6 is 12.6 Å². The maximum Gasteiger partial charge on any atom is 0.325 e. The van der Waals surface area contributed by atoms with Gasteiger partial charge in [-0.05, 0) is 39.2 Å². The van der Waals surface area contributed by atoms with Crippen molar-refractivity contribution >= 4 is 42.3 Å². The van der Waals surface area contributed by atoms with Crippen molar-refractivity contribution in [3.8, 4) is 0 Å². The summed E-state index contributed by atoms with van der Waals surface area (Å²) >= 11 is 4.00. The molecule has 0 aromatic carbocycles. The summed E-state index contributed by atoms with van der Waals surface area (Å²) in [5.74, 6) is -4.56. The van der Waals surface area contributed by atoms with Gasteiger partial charge in [-0.2, -0.15) is 12.6 Å². The van der Waals surface area contributed by atoms with Gasteiger partial charge in [-0.1, -0.05) is 0 Å². The van der Waals surface area contributed by atoms with E-state index in [1.165, 1.54) is 6.92 Å². The fourth-order valence-electron chi connectivity index (χ4n) is 2.29. The average Bonchev–Trinajstić information content (AvgIpc) is 2.68. The average molecular weight is 450 g/mol. The third-order valence-electron chi connectivity index (χ3n) is 4.13. The number of carboxylic acid groups (broad SMARTS) is 2. The van der Waals surface area contributed by atoms with Crippen LogP contribution in [0, 0.1) is 0 Å².